The van der Waals surface area contributed by atoms with E-state index < -0.39 is 0 Å². The van der Waals surface area contributed by atoms with Gasteiger partial charge in [-0.2, -0.15) is 0 Å². The van der Waals surface area contributed by atoms with Gasteiger partial charge in [0.2, 0.25) is 0 Å². The Bertz CT molecular complexity index is 337. The molecule has 94 valence electrons. The average molecular weight is 239 g/mol. The summed E-state index contributed by atoms with van der Waals surface area (Å²) in [7, 11) is 1.38. The Hall–Kier alpha value is -1.26. The van der Waals surface area contributed by atoms with E-state index in [1.807, 2.05) is 0 Å². The van der Waals surface area contributed by atoms with Crippen molar-refractivity contribution in [1.29, 1.82) is 0 Å². The third-order valence-corrected chi connectivity index (χ3v) is 3.45. The van der Waals surface area contributed by atoms with Crippen molar-refractivity contribution in [2.24, 2.45) is 17.0 Å². The fourth-order valence-corrected chi connectivity index (χ4v) is 2.25. The molecule has 1 unspecified atom stereocenters. The Kier molecular flexibility index (Phi) is 3.86. The molecular weight excluding hydrogens is 222 g/mol. The lowest BCUT2D eigenvalue weighted by atomic mass is 10.1. The summed E-state index contributed by atoms with van der Waals surface area (Å²) in [5.41, 5.74) is 8.50. The third-order valence-electron chi connectivity index (χ3n) is 3.45. The summed E-state index contributed by atoms with van der Waals surface area (Å²) in [4.78, 5) is 14.3. The van der Waals surface area contributed by atoms with E-state index in [-0.39, 0.29) is 24.0 Å². The largest absolute Gasteiger partial charge is 0.469 e. The predicted octanol–water partition coefficient (Wildman–Crippen LogP) is 2.04. The van der Waals surface area contributed by atoms with Crippen LogP contribution in [0, 0.1) is 11.8 Å². The standard InChI is InChI=1S/C11H17N3O3/c1-16-11(15)8-4-9(13-14-12)10(5-8)17-6-7-2-3-7/h7-10H,2-6H2,1H3/t8?,9-,10-/m0/s1. The van der Waals surface area contributed by atoms with E-state index >= 15 is 0 Å². The molecule has 17 heavy (non-hydrogen) atoms. The molecule has 0 amide bonds. The predicted molar refractivity (Wildman–Crippen MR) is 60.1 cm³/mol. The van der Waals surface area contributed by atoms with Gasteiger partial charge in [0.25, 0.3) is 0 Å². The van der Waals surface area contributed by atoms with E-state index in [4.69, 9.17) is 15.0 Å². The summed E-state index contributed by atoms with van der Waals surface area (Å²) in [6.45, 7) is 0.718. The number of carbonyl (C=O) groups is 1. The second-order valence-corrected chi connectivity index (χ2v) is 4.78. The highest BCUT2D eigenvalue weighted by molar-refractivity contribution is 5.72. The van der Waals surface area contributed by atoms with Crippen LogP contribution in [0.15, 0.2) is 5.11 Å². The Labute approximate surface area is 99.9 Å². The van der Waals surface area contributed by atoms with Gasteiger partial charge in [0.15, 0.2) is 0 Å². The first-order valence-corrected chi connectivity index (χ1v) is 5.98. The number of ether oxygens (including phenoxy) is 2. The van der Waals surface area contributed by atoms with E-state index in [1.165, 1.54) is 20.0 Å². The van der Waals surface area contributed by atoms with Gasteiger partial charge in [-0.05, 0) is 37.1 Å². The quantitative estimate of drug-likeness (QED) is 0.318. The minimum atomic E-state index is -0.235. The number of nitrogens with zero attached hydrogens (tertiary/aromatic N) is 3. The molecule has 2 saturated carbocycles. The number of carbonyl (C=O) groups excluding carboxylic acids is 1. The van der Waals surface area contributed by atoms with E-state index in [9.17, 15) is 4.79 Å². The van der Waals surface area contributed by atoms with Gasteiger partial charge in [-0.15, -0.1) is 0 Å². The van der Waals surface area contributed by atoms with Gasteiger partial charge in [0.05, 0.1) is 25.2 Å². The maximum Gasteiger partial charge on any atom is 0.308 e. The molecule has 0 aromatic heterocycles. The van der Waals surface area contributed by atoms with Gasteiger partial charge in [-0.3, -0.25) is 4.79 Å². The maximum atomic E-state index is 11.4. The van der Waals surface area contributed by atoms with Crippen molar-refractivity contribution in [3.05, 3.63) is 10.4 Å². The average Bonchev–Trinajstić information content (AvgIpc) is 3.08. The Morgan fingerprint density at radius 3 is 2.82 bits per heavy atom. The molecule has 0 aromatic rings. The molecule has 0 radical (unpaired) electrons. The van der Waals surface area contributed by atoms with Gasteiger partial charge in [0, 0.05) is 11.5 Å². The number of azide groups is 1. The first-order chi connectivity index (χ1) is 8.24. The molecule has 0 N–H and O–H groups in total. The monoisotopic (exact) mass is 239 g/mol. The van der Waals surface area contributed by atoms with Crippen LogP contribution in [0.2, 0.25) is 0 Å². The zero-order valence-electron chi connectivity index (χ0n) is 9.91. The summed E-state index contributed by atoms with van der Waals surface area (Å²) in [6, 6.07) is -0.233. The molecule has 2 rings (SSSR count). The number of rotatable bonds is 5. The van der Waals surface area contributed by atoms with Crippen molar-refractivity contribution in [2.45, 2.75) is 37.8 Å². The van der Waals surface area contributed by atoms with Gasteiger partial charge in [-0.25, -0.2) is 0 Å². The van der Waals surface area contributed by atoms with E-state index in [1.54, 1.807) is 0 Å². The van der Waals surface area contributed by atoms with Crippen molar-refractivity contribution in [1.82, 2.24) is 0 Å². The highest BCUT2D eigenvalue weighted by Gasteiger charge is 2.39. The van der Waals surface area contributed by atoms with Gasteiger partial charge in [0.1, 0.15) is 0 Å². The Morgan fingerprint density at radius 2 is 2.24 bits per heavy atom. The summed E-state index contributed by atoms with van der Waals surface area (Å²) in [6.07, 6.45) is 3.45. The summed E-state index contributed by atoms with van der Waals surface area (Å²) in [5.74, 6) is 0.235. The van der Waals surface area contributed by atoms with Crippen molar-refractivity contribution < 1.29 is 14.3 Å². The van der Waals surface area contributed by atoms with Crippen LogP contribution >= 0.6 is 0 Å². The number of methoxy groups -OCH3 is 1. The molecule has 6 heteroatoms. The third kappa shape index (κ3) is 3.11. The fourth-order valence-electron chi connectivity index (χ4n) is 2.25. The molecule has 0 aliphatic heterocycles. The van der Waals surface area contributed by atoms with Crippen LogP contribution in [-0.2, 0) is 14.3 Å². The van der Waals surface area contributed by atoms with Crippen LogP contribution in [-0.4, -0.2) is 31.8 Å². The number of hydrogen-bond acceptors (Lipinski definition) is 4. The zero-order chi connectivity index (χ0) is 12.3. The molecular formula is C11H17N3O3. The second-order valence-electron chi connectivity index (χ2n) is 4.78. The summed E-state index contributed by atoms with van der Waals surface area (Å²) < 4.78 is 10.5. The molecule has 0 bridgehead atoms. The minimum Gasteiger partial charge on any atom is -0.469 e. The number of esters is 1. The first kappa shape index (κ1) is 12.2. The normalized spacial score (nSPS) is 31.9. The van der Waals surface area contributed by atoms with Crippen LogP contribution < -0.4 is 0 Å². The highest BCUT2D eigenvalue weighted by Crippen LogP contribution is 2.35. The fraction of sp³-hybridized carbons (Fsp3) is 0.909. The molecule has 0 spiro atoms. The molecule has 0 aromatic carbocycles. The molecule has 2 aliphatic carbocycles. The lowest BCUT2D eigenvalue weighted by Crippen LogP contribution is -2.22. The zero-order valence-corrected chi connectivity index (χ0v) is 9.91. The smallest absolute Gasteiger partial charge is 0.308 e. The lowest BCUT2D eigenvalue weighted by molar-refractivity contribution is -0.145. The van der Waals surface area contributed by atoms with Gasteiger partial charge >= 0.3 is 5.97 Å². The summed E-state index contributed by atoms with van der Waals surface area (Å²) >= 11 is 0. The van der Waals surface area contributed by atoms with E-state index in [0.29, 0.717) is 18.8 Å². The van der Waals surface area contributed by atoms with Crippen LogP contribution in [0.4, 0.5) is 0 Å². The van der Waals surface area contributed by atoms with Crippen LogP contribution in [0.1, 0.15) is 25.7 Å². The van der Waals surface area contributed by atoms with Gasteiger partial charge in [-0.1, -0.05) is 5.11 Å². The Balaban J connectivity index is 1.91. The van der Waals surface area contributed by atoms with E-state index in [2.05, 4.69) is 10.0 Å². The van der Waals surface area contributed by atoms with E-state index in [0.717, 1.165) is 6.61 Å². The van der Waals surface area contributed by atoms with Crippen molar-refractivity contribution in [2.75, 3.05) is 13.7 Å². The number of hydrogen-bond donors (Lipinski definition) is 0. The minimum absolute atomic E-state index is 0.129. The first-order valence-electron chi connectivity index (χ1n) is 5.98. The molecule has 0 heterocycles. The maximum absolute atomic E-state index is 11.4. The molecule has 2 aliphatic rings. The van der Waals surface area contributed by atoms with Crippen molar-refractivity contribution in [3.8, 4) is 0 Å². The van der Waals surface area contributed by atoms with Crippen molar-refractivity contribution in [3.63, 3.8) is 0 Å². The van der Waals surface area contributed by atoms with Crippen LogP contribution in [0.25, 0.3) is 10.4 Å². The molecule has 0 saturated heterocycles. The highest BCUT2D eigenvalue weighted by atomic mass is 16.5. The SMILES string of the molecule is COC(=O)C1C[C@H](N=[N+]=[N-])[C@@H](OCC2CC2)C1. The molecule has 3 atom stereocenters. The van der Waals surface area contributed by atoms with Crippen molar-refractivity contribution >= 4 is 5.97 Å². The lowest BCUT2D eigenvalue weighted by Gasteiger charge is -2.15. The molecule has 2 fully saturated rings. The van der Waals surface area contributed by atoms with Gasteiger partial charge < -0.3 is 9.47 Å². The summed E-state index contributed by atoms with van der Waals surface area (Å²) in [5, 5.41) is 3.72. The van der Waals surface area contributed by atoms with Crippen LogP contribution in [0.5, 0.6) is 0 Å². The molecule has 6 nitrogen and oxygen atoms in total. The topological polar surface area (TPSA) is 84.3 Å². The Morgan fingerprint density at radius 1 is 1.47 bits per heavy atom. The second kappa shape index (κ2) is 5.38. The van der Waals surface area contributed by atoms with Crippen LogP contribution in [0.3, 0.4) is 0 Å².